The summed E-state index contributed by atoms with van der Waals surface area (Å²) in [5, 5.41) is 2.81. The van der Waals surface area contributed by atoms with Gasteiger partial charge in [-0.15, -0.1) is 11.8 Å². The maximum absolute atomic E-state index is 12.0. The van der Waals surface area contributed by atoms with Gasteiger partial charge in [-0.1, -0.05) is 12.1 Å². The van der Waals surface area contributed by atoms with Crippen LogP contribution in [0, 0.1) is 0 Å². The summed E-state index contributed by atoms with van der Waals surface area (Å²) in [4.78, 5) is 23.6. The van der Waals surface area contributed by atoms with Crippen LogP contribution in [0.3, 0.4) is 0 Å². The molecule has 0 atom stereocenters. The first-order chi connectivity index (χ1) is 11.2. The molecular formula is C17H23NO4S. The number of para-hydroxylation sites is 2. The Balaban J connectivity index is 1.69. The van der Waals surface area contributed by atoms with Crippen LogP contribution in [-0.4, -0.2) is 36.1 Å². The molecule has 0 aromatic heterocycles. The lowest BCUT2D eigenvalue weighted by molar-refractivity contribution is -0.145. The molecule has 23 heavy (non-hydrogen) atoms. The van der Waals surface area contributed by atoms with Crippen molar-refractivity contribution in [1.82, 2.24) is 0 Å². The Kier molecular flexibility index (Phi) is 7.26. The SMILES string of the molecule is CCOc1ccccc1NC(=O)CSCC(=O)OC1CCCC1. The van der Waals surface area contributed by atoms with Gasteiger partial charge < -0.3 is 14.8 Å². The van der Waals surface area contributed by atoms with Crippen molar-refractivity contribution < 1.29 is 19.1 Å². The second-order valence-electron chi connectivity index (χ2n) is 5.37. The van der Waals surface area contributed by atoms with Gasteiger partial charge >= 0.3 is 5.97 Å². The van der Waals surface area contributed by atoms with Crippen LogP contribution in [-0.2, 0) is 14.3 Å². The van der Waals surface area contributed by atoms with Crippen molar-refractivity contribution in [3.05, 3.63) is 24.3 Å². The number of benzene rings is 1. The van der Waals surface area contributed by atoms with Gasteiger partial charge in [0, 0.05) is 0 Å². The molecule has 0 saturated heterocycles. The topological polar surface area (TPSA) is 64.6 Å². The molecule has 1 aliphatic carbocycles. The first kappa shape index (κ1) is 17.7. The van der Waals surface area contributed by atoms with Crippen LogP contribution in [0.25, 0.3) is 0 Å². The van der Waals surface area contributed by atoms with Gasteiger partial charge in [-0.05, 0) is 44.7 Å². The molecule has 126 valence electrons. The van der Waals surface area contributed by atoms with E-state index in [-0.39, 0.29) is 29.5 Å². The van der Waals surface area contributed by atoms with Crippen LogP contribution in [0.5, 0.6) is 5.75 Å². The Labute approximate surface area is 141 Å². The number of carbonyl (C=O) groups is 2. The second kappa shape index (κ2) is 9.45. The number of ether oxygens (including phenoxy) is 2. The number of rotatable bonds is 8. The van der Waals surface area contributed by atoms with Crippen LogP contribution in [0.1, 0.15) is 32.6 Å². The number of esters is 1. The lowest BCUT2D eigenvalue weighted by Gasteiger charge is -2.12. The summed E-state index contributed by atoms with van der Waals surface area (Å²) < 4.78 is 10.8. The lowest BCUT2D eigenvalue weighted by atomic mass is 10.3. The molecule has 0 unspecified atom stereocenters. The standard InChI is InChI=1S/C17H23NO4S/c1-2-21-15-10-6-5-9-14(15)18-16(19)11-23-12-17(20)22-13-7-3-4-8-13/h5-6,9-10,13H,2-4,7-8,11-12H2,1H3,(H,18,19). The number of carbonyl (C=O) groups excluding carboxylic acids is 2. The second-order valence-corrected chi connectivity index (χ2v) is 6.35. The molecule has 0 radical (unpaired) electrons. The van der Waals surface area contributed by atoms with Crippen molar-refractivity contribution in [3.63, 3.8) is 0 Å². The molecule has 0 heterocycles. The maximum Gasteiger partial charge on any atom is 0.316 e. The summed E-state index contributed by atoms with van der Waals surface area (Å²) >= 11 is 1.26. The predicted octanol–water partition coefficient (Wildman–Crippen LogP) is 3.24. The molecule has 5 nitrogen and oxygen atoms in total. The highest BCUT2D eigenvalue weighted by Gasteiger charge is 2.19. The van der Waals surface area contributed by atoms with Crippen molar-refractivity contribution >= 4 is 29.3 Å². The molecular weight excluding hydrogens is 314 g/mol. The molecule has 1 aliphatic rings. The molecule has 1 fully saturated rings. The Morgan fingerprint density at radius 1 is 1.22 bits per heavy atom. The van der Waals surface area contributed by atoms with E-state index in [1.54, 1.807) is 6.07 Å². The quantitative estimate of drug-likeness (QED) is 0.738. The van der Waals surface area contributed by atoms with Gasteiger partial charge in [0.1, 0.15) is 11.9 Å². The van der Waals surface area contributed by atoms with Crippen LogP contribution in [0.4, 0.5) is 5.69 Å². The molecule has 1 amide bonds. The van der Waals surface area contributed by atoms with Gasteiger partial charge in [-0.2, -0.15) is 0 Å². The van der Waals surface area contributed by atoms with Gasteiger partial charge in [0.05, 0.1) is 23.8 Å². The van der Waals surface area contributed by atoms with E-state index >= 15 is 0 Å². The highest BCUT2D eigenvalue weighted by molar-refractivity contribution is 8.00. The zero-order valence-electron chi connectivity index (χ0n) is 13.4. The van der Waals surface area contributed by atoms with E-state index in [2.05, 4.69) is 5.32 Å². The maximum atomic E-state index is 12.0. The summed E-state index contributed by atoms with van der Waals surface area (Å²) in [5.41, 5.74) is 0.647. The fourth-order valence-corrected chi connectivity index (χ4v) is 3.09. The van der Waals surface area contributed by atoms with Crippen molar-refractivity contribution in [1.29, 1.82) is 0 Å². The molecule has 1 aromatic rings. The third-order valence-corrected chi connectivity index (χ3v) is 4.42. The fraction of sp³-hybridized carbons (Fsp3) is 0.529. The number of amides is 1. The average molecular weight is 337 g/mol. The minimum atomic E-state index is -0.232. The lowest BCUT2D eigenvalue weighted by Crippen LogP contribution is -2.19. The van der Waals surface area contributed by atoms with Gasteiger partial charge in [0.2, 0.25) is 5.91 Å². The Bertz CT molecular complexity index is 529. The van der Waals surface area contributed by atoms with E-state index in [9.17, 15) is 9.59 Å². The third kappa shape index (κ3) is 6.14. The zero-order chi connectivity index (χ0) is 16.5. The Morgan fingerprint density at radius 2 is 1.96 bits per heavy atom. The third-order valence-electron chi connectivity index (χ3n) is 3.51. The predicted molar refractivity (Wildman–Crippen MR) is 91.9 cm³/mol. The Morgan fingerprint density at radius 3 is 2.70 bits per heavy atom. The van der Waals surface area contributed by atoms with Crippen molar-refractivity contribution in [2.45, 2.75) is 38.7 Å². The van der Waals surface area contributed by atoms with Gasteiger partial charge in [0.25, 0.3) is 0 Å². The van der Waals surface area contributed by atoms with Gasteiger partial charge in [-0.25, -0.2) is 0 Å². The number of nitrogens with one attached hydrogen (secondary N) is 1. The molecule has 2 rings (SSSR count). The summed E-state index contributed by atoms with van der Waals surface area (Å²) in [6.45, 7) is 2.43. The fourth-order valence-electron chi connectivity index (χ4n) is 2.49. The highest BCUT2D eigenvalue weighted by Crippen LogP contribution is 2.24. The summed E-state index contributed by atoms with van der Waals surface area (Å²) in [6.07, 6.45) is 4.27. The van der Waals surface area contributed by atoms with Crippen LogP contribution in [0.2, 0.25) is 0 Å². The van der Waals surface area contributed by atoms with Crippen molar-refractivity contribution in [3.8, 4) is 5.75 Å². The van der Waals surface area contributed by atoms with Crippen LogP contribution < -0.4 is 10.1 Å². The van der Waals surface area contributed by atoms with Gasteiger partial charge in [0.15, 0.2) is 0 Å². The number of hydrogen-bond acceptors (Lipinski definition) is 5. The zero-order valence-corrected chi connectivity index (χ0v) is 14.2. The Hall–Kier alpha value is -1.69. The number of thioether (sulfide) groups is 1. The first-order valence-electron chi connectivity index (χ1n) is 7.98. The molecule has 6 heteroatoms. The van der Waals surface area contributed by atoms with E-state index in [1.165, 1.54) is 11.8 Å². The van der Waals surface area contributed by atoms with E-state index in [0.717, 1.165) is 25.7 Å². The molecule has 0 spiro atoms. The van der Waals surface area contributed by atoms with E-state index in [0.29, 0.717) is 18.0 Å². The minimum Gasteiger partial charge on any atom is -0.492 e. The molecule has 1 aromatic carbocycles. The monoisotopic (exact) mass is 337 g/mol. The summed E-state index contributed by atoms with van der Waals surface area (Å²) in [6, 6.07) is 7.30. The summed E-state index contributed by atoms with van der Waals surface area (Å²) in [7, 11) is 0. The largest absolute Gasteiger partial charge is 0.492 e. The van der Waals surface area contributed by atoms with E-state index < -0.39 is 0 Å². The first-order valence-corrected chi connectivity index (χ1v) is 9.13. The van der Waals surface area contributed by atoms with Crippen molar-refractivity contribution in [2.24, 2.45) is 0 Å². The number of hydrogen-bond donors (Lipinski definition) is 1. The summed E-state index contributed by atoms with van der Waals surface area (Å²) in [5.74, 6) is 0.672. The van der Waals surface area contributed by atoms with Crippen molar-refractivity contribution in [2.75, 3.05) is 23.4 Å². The smallest absolute Gasteiger partial charge is 0.316 e. The van der Waals surface area contributed by atoms with Crippen LogP contribution >= 0.6 is 11.8 Å². The normalized spacial score (nSPS) is 14.5. The van der Waals surface area contributed by atoms with Crippen LogP contribution in [0.15, 0.2) is 24.3 Å². The molecule has 1 N–H and O–H groups in total. The van der Waals surface area contributed by atoms with Gasteiger partial charge in [-0.3, -0.25) is 9.59 Å². The van der Waals surface area contributed by atoms with E-state index in [4.69, 9.17) is 9.47 Å². The minimum absolute atomic E-state index is 0.0787. The molecule has 0 aliphatic heterocycles. The molecule has 0 bridgehead atoms. The molecule has 1 saturated carbocycles. The average Bonchev–Trinajstić information content (AvgIpc) is 3.02. The number of anilines is 1. The van der Waals surface area contributed by atoms with E-state index in [1.807, 2.05) is 25.1 Å². The highest BCUT2D eigenvalue weighted by atomic mass is 32.2.